The Kier molecular flexibility index (Phi) is 7.61. The van der Waals surface area contributed by atoms with Crippen LogP contribution in [0.15, 0.2) is 48.5 Å². The van der Waals surface area contributed by atoms with Gasteiger partial charge in [0.25, 0.3) is 0 Å². The average molecular weight is 362 g/mol. The van der Waals surface area contributed by atoms with Crippen LogP contribution in [-0.2, 0) is 4.79 Å². The fourth-order valence-corrected chi connectivity index (χ4v) is 2.78. The maximum absolute atomic E-state index is 12.1. The zero-order valence-electron chi connectivity index (χ0n) is 14.6. The fraction of sp³-hybridized carbons (Fsp3) is 0.350. The Morgan fingerprint density at radius 2 is 1.72 bits per heavy atom. The smallest absolute Gasteiger partial charge is 0.220 e. The summed E-state index contributed by atoms with van der Waals surface area (Å²) in [7, 11) is 0. The van der Waals surface area contributed by atoms with E-state index < -0.39 is 0 Å². The van der Waals surface area contributed by atoms with Gasteiger partial charge in [-0.2, -0.15) is 0 Å². The summed E-state index contributed by atoms with van der Waals surface area (Å²) < 4.78 is 11.2. The summed E-state index contributed by atoms with van der Waals surface area (Å²) in [6.07, 6.45) is 1.02. The highest BCUT2D eigenvalue weighted by molar-refractivity contribution is 6.31. The highest BCUT2D eigenvalue weighted by atomic mass is 35.5. The van der Waals surface area contributed by atoms with Crippen LogP contribution in [0.2, 0.25) is 5.02 Å². The van der Waals surface area contributed by atoms with Gasteiger partial charge in [-0.25, -0.2) is 0 Å². The molecule has 0 bridgehead atoms. The van der Waals surface area contributed by atoms with Crippen molar-refractivity contribution in [3.05, 3.63) is 59.1 Å². The number of carbonyl (C=O) groups excluding carboxylic acids is 1. The lowest BCUT2D eigenvalue weighted by molar-refractivity contribution is -0.121. The Labute approximate surface area is 154 Å². The minimum absolute atomic E-state index is 0.0193. The van der Waals surface area contributed by atoms with Crippen LogP contribution < -0.4 is 14.8 Å². The van der Waals surface area contributed by atoms with E-state index in [1.165, 1.54) is 0 Å². The van der Waals surface area contributed by atoms with E-state index in [9.17, 15) is 4.79 Å². The van der Waals surface area contributed by atoms with Gasteiger partial charge in [0.1, 0.15) is 0 Å². The lowest BCUT2D eigenvalue weighted by Gasteiger charge is -2.16. The van der Waals surface area contributed by atoms with Crippen molar-refractivity contribution in [1.82, 2.24) is 5.32 Å². The molecule has 0 aliphatic heterocycles. The van der Waals surface area contributed by atoms with E-state index in [4.69, 9.17) is 21.1 Å². The van der Waals surface area contributed by atoms with Crippen LogP contribution in [0.25, 0.3) is 0 Å². The molecule has 0 heterocycles. The molecule has 1 N–H and O–H groups in total. The van der Waals surface area contributed by atoms with Crippen molar-refractivity contribution in [2.75, 3.05) is 13.2 Å². The van der Waals surface area contributed by atoms with Gasteiger partial charge < -0.3 is 14.8 Å². The molecule has 134 valence electrons. The summed E-state index contributed by atoms with van der Waals surface area (Å²) in [6, 6.07) is 14.9. The minimum Gasteiger partial charge on any atom is -0.490 e. The van der Waals surface area contributed by atoms with Gasteiger partial charge in [0.15, 0.2) is 11.5 Å². The van der Waals surface area contributed by atoms with E-state index >= 15 is 0 Å². The largest absolute Gasteiger partial charge is 0.490 e. The first kappa shape index (κ1) is 19.1. The van der Waals surface area contributed by atoms with Crippen LogP contribution in [0.5, 0.6) is 11.5 Å². The molecule has 5 heteroatoms. The second-order valence-corrected chi connectivity index (χ2v) is 6.05. The standard InChI is InChI=1S/C20H24ClNO3/c1-3-24-18-11-6-7-12-19(18)25-14-8-13-20(23)22-15(2)16-9-4-5-10-17(16)21/h4-7,9-12,15H,3,8,13-14H2,1-2H3,(H,22,23)/t15-/m1/s1. The number of rotatable bonds is 9. The van der Waals surface area contributed by atoms with Gasteiger partial charge >= 0.3 is 0 Å². The molecule has 2 aromatic carbocycles. The molecule has 0 spiro atoms. The second-order valence-electron chi connectivity index (χ2n) is 5.64. The van der Waals surface area contributed by atoms with Gasteiger partial charge in [0.05, 0.1) is 19.3 Å². The number of ether oxygens (including phenoxy) is 2. The molecule has 0 unspecified atom stereocenters. The van der Waals surface area contributed by atoms with Crippen molar-refractivity contribution >= 4 is 17.5 Å². The number of carbonyl (C=O) groups is 1. The maximum atomic E-state index is 12.1. The van der Waals surface area contributed by atoms with Gasteiger partial charge in [-0.05, 0) is 44.0 Å². The van der Waals surface area contributed by atoms with E-state index in [2.05, 4.69) is 5.32 Å². The molecular weight excluding hydrogens is 338 g/mol. The minimum atomic E-state index is -0.124. The number of hydrogen-bond acceptors (Lipinski definition) is 3. The summed E-state index contributed by atoms with van der Waals surface area (Å²) >= 11 is 6.15. The Hall–Kier alpha value is -2.20. The maximum Gasteiger partial charge on any atom is 0.220 e. The van der Waals surface area contributed by atoms with Crippen molar-refractivity contribution < 1.29 is 14.3 Å². The summed E-state index contributed by atoms with van der Waals surface area (Å²) in [6.45, 7) is 4.90. The van der Waals surface area contributed by atoms with Crippen LogP contribution in [0.4, 0.5) is 0 Å². The molecule has 1 amide bonds. The van der Waals surface area contributed by atoms with Gasteiger partial charge in [-0.3, -0.25) is 4.79 Å². The molecule has 0 fully saturated rings. The quantitative estimate of drug-likeness (QED) is 0.654. The van der Waals surface area contributed by atoms with Crippen LogP contribution >= 0.6 is 11.6 Å². The SMILES string of the molecule is CCOc1ccccc1OCCCC(=O)N[C@H](C)c1ccccc1Cl. The van der Waals surface area contributed by atoms with Crippen LogP contribution in [-0.4, -0.2) is 19.1 Å². The van der Waals surface area contributed by atoms with Crippen LogP contribution in [0, 0.1) is 0 Å². The molecule has 0 saturated heterocycles. The number of para-hydroxylation sites is 2. The van der Waals surface area contributed by atoms with Crippen molar-refractivity contribution in [2.24, 2.45) is 0 Å². The Morgan fingerprint density at radius 3 is 2.40 bits per heavy atom. The molecule has 4 nitrogen and oxygen atoms in total. The number of benzene rings is 2. The molecule has 2 aromatic rings. The van der Waals surface area contributed by atoms with Gasteiger partial charge in [0, 0.05) is 11.4 Å². The van der Waals surface area contributed by atoms with E-state index in [0.717, 1.165) is 11.3 Å². The molecule has 0 radical (unpaired) electrons. The van der Waals surface area contributed by atoms with E-state index in [-0.39, 0.29) is 11.9 Å². The Balaban J connectivity index is 1.75. The number of nitrogens with one attached hydrogen (secondary N) is 1. The summed E-state index contributed by atoms with van der Waals surface area (Å²) in [5.74, 6) is 1.41. The fourth-order valence-electron chi connectivity index (χ4n) is 2.48. The molecule has 0 aromatic heterocycles. The predicted octanol–water partition coefficient (Wildman–Crippen LogP) is 4.78. The Bertz CT molecular complexity index is 690. The first-order chi connectivity index (χ1) is 12.1. The normalized spacial score (nSPS) is 11.6. The van der Waals surface area contributed by atoms with E-state index in [1.807, 2.05) is 62.4 Å². The lowest BCUT2D eigenvalue weighted by atomic mass is 10.1. The van der Waals surface area contributed by atoms with Crippen LogP contribution in [0.3, 0.4) is 0 Å². The number of hydrogen-bond donors (Lipinski definition) is 1. The third-order valence-electron chi connectivity index (χ3n) is 3.70. The zero-order valence-corrected chi connectivity index (χ0v) is 15.4. The van der Waals surface area contributed by atoms with Crippen molar-refractivity contribution in [2.45, 2.75) is 32.7 Å². The van der Waals surface area contributed by atoms with Crippen LogP contribution in [0.1, 0.15) is 38.3 Å². The first-order valence-corrected chi connectivity index (χ1v) is 8.88. The molecule has 0 saturated carbocycles. The molecule has 1 atom stereocenters. The zero-order chi connectivity index (χ0) is 18.1. The summed E-state index contributed by atoms with van der Waals surface area (Å²) in [4.78, 5) is 12.1. The number of halogens is 1. The first-order valence-electron chi connectivity index (χ1n) is 8.50. The molecule has 0 aliphatic rings. The summed E-state index contributed by atoms with van der Waals surface area (Å²) in [5, 5.41) is 3.62. The summed E-state index contributed by atoms with van der Waals surface area (Å²) in [5.41, 5.74) is 0.916. The monoisotopic (exact) mass is 361 g/mol. The van der Waals surface area contributed by atoms with Crippen molar-refractivity contribution in [3.8, 4) is 11.5 Å². The Morgan fingerprint density at radius 1 is 1.08 bits per heavy atom. The van der Waals surface area contributed by atoms with E-state index in [0.29, 0.717) is 36.8 Å². The topological polar surface area (TPSA) is 47.6 Å². The number of amides is 1. The van der Waals surface area contributed by atoms with Gasteiger partial charge in [0.2, 0.25) is 5.91 Å². The van der Waals surface area contributed by atoms with Crippen molar-refractivity contribution in [1.29, 1.82) is 0 Å². The second kappa shape index (κ2) is 9.94. The highest BCUT2D eigenvalue weighted by Crippen LogP contribution is 2.26. The van der Waals surface area contributed by atoms with Gasteiger partial charge in [-0.1, -0.05) is 41.9 Å². The third-order valence-corrected chi connectivity index (χ3v) is 4.05. The highest BCUT2D eigenvalue weighted by Gasteiger charge is 2.12. The molecule has 2 rings (SSSR count). The molecular formula is C20H24ClNO3. The van der Waals surface area contributed by atoms with Crippen molar-refractivity contribution in [3.63, 3.8) is 0 Å². The molecule has 0 aliphatic carbocycles. The average Bonchev–Trinajstić information content (AvgIpc) is 2.60. The predicted molar refractivity (Wildman–Crippen MR) is 100 cm³/mol. The van der Waals surface area contributed by atoms with E-state index in [1.54, 1.807) is 0 Å². The van der Waals surface area contributed by atoms with Gasteiger partial charge in [-0.15, -0.1) is 0 Å². The lowest BCUT2D eigenvalue weighted by Crippen LogP contribution is -2.26. The molecule has 25 heavy (non-hydrogen) atoms. The third kappa shape index (κ3) is 5.98.